The molecule has 1 amide bonds. The summed E-state index contributed by atoms with van der Waals surface area (Å²) >= 11 is 0. The van der Waals surface area contributed by atoms with Crippen LogP contribution in [0, 0.1) is 10.1 Å². The lowest BCUT2D eigenvalue weighted by Crippen LogP contribution is -2.48. The number of nitrogens with zero attached hydrogens (tertiary/aromatic N) is 3. The molecular weight excluding hydrogens is 450 g/mol. The van der Waals surface area contributed by atoms with Crippen LogP contribution in [-0.2, 0) is 16.1 Å². The van der Waals surface area contributed by atoms with Crippen molar-refractivity contribution in [3.8, 4) is 11.5 Å². The van der Waals surface area contributed by atoms with Crippen molar-refractivity contribution < 1.29 is 39.0 Å². The van der Waals surface area contributed by atoms with Gasteiger partial charge in [-0.2, -0.15) is 0 Å². The van der Waals surface area contributed by atoms with Gasteiger partial charge in [-0.15, -0.1) is 0 Å². The van der Waals surface area contributed by atoms with Crippen LogP contribution in [0.2, 0.25) is 0 Å². The van der Waals surface area contributed by atoms with Gasteiger partial charge in [-0.3, -0.25) is 19.8 Å². The molecular formula is C22H25N3O9. The Morgan fingerprint density at radius 3 is 1.94 bits per heavy atom. The average Bonchev–Trinajstić information content (AvgIpc) is 2.84. The molecule has 3 rings (SSSR count). The lowest BCUT2D eigenvalue weighted by atomic mass is 10.1. The van der Waals surface area contributed by atoms with Gasteiger partial charge in [-0.05, 0) is 29.8 Å². The van der Waals surface area contributed by atoms with Gasteiger partial charge >= 0.3 is 11.9 Å². The van der Waals surface area contributed by atoms with E-state index < -0.39 is 16.9 Å². The molecule has 2 N–H and O–H groups in total. The molecule has 1 saturated heterocycles. The van der Waals surface area contributed by atoms with Gasteiger partial charge in [0.2, 0.25) is 0 Å². The van der Waals surface area contributed by atoms with Gasteiger partial charge in [0.15, 0.2) is 11.5 Å². The van der Waals surface area contributed by atoms with Crippen LogP contribution in [0.1, 0.15) is 15.9 Å². The molecule has 0 radical (unpaired) electrons. The van der Waals surface area contributed by atoms with E-state index in [1.165, 1.54) is 24.3 Å². The Morgan fingerprint density at radius 1 is 0.912 bits per heavy atom. The maximum Gasteiger partial charge on any atom is 0.414 e. The Hall–Kier alpha value is -4.19. The molecule has 1 aliphatic rings. The minimum absolute atomic E-state index is 0.0173. The summed E-state index contributed by atoms with van der Waals surface area (Å²) in [5.74, 6) is -2.34. The molecule has 0 bridgehead atoms. The number of methoxy groups -OCH3 is 2. The summed E-state index contributed by atoms with van der Waals surface area (Å²) in [6.07, 6.45) is 0. The fourth-order valence-corrected chi connectivity index (χ4v) is 3.25. The highest BCUT2D eigenvalue weighted by atomic mass is 16.6. The second-order valence-corrected chi connectivity index (χ2v) is 7.17. The fraction of sp³-hybridized carbons (Fsp3) is 0.318. The second kappa shape index (κ2) is 12.2. The Bertz CT molecular complexity index is 1020. The minimum atomic E-state index is -1.82. The van der Waals surface area contributed by atoms with Crippen LogP contribution in [0.3, 0.4) is 0 Å². The first kappa shape index (κ1) is 26.1. The van der Waals surface area contributed by atoms with Crippen molar-refractivity contribution in [2.45, 2.75) is 6.54 Å². The van der Waals surface area contributed by atoms with Crippen LogP contribution in [0.25, 0.3) is 0 Å². The number of nitro groups is 1. The van der Waals surface area contributed by atoms with Crippen LogP contribution in [0.15, 0.2) is 42.5 Å². The number of carboxylic acids is 2. The molecule has 1 fully saturated rings. The molecule has 2 aromatic rings. The fourth-order valence-electron chi connectivity index (χ4n) is 3.25. The Labute approximate surface area is 195 Å². The van der Waals surface area contributed by atoms with Crippen molar-refractivity contribution in [2.24, 2.45) is 0 Å². The topological polar surface area (TPSA) is 160 Å². The molecule has 0 aromatic heterocycles. The largest absolute Gasteiger partial charge is 0.493 e. The summed E-state index contributed by atoms with van der Waals surface area (Å²) < 4.78 is 10.6. The van der Waals surface area contributed by atoms with Crippen LogP contribution in [0.5, 0.6) is 11.5 Å². The molecule has 34 heavy (non-hydrogen) atoms. The normalized spacial score (nSPS) is 13.3. The van der Waals surface area contributed by atoms with E-state index in [2.05, 4.69) is 4.90 Å². The summed E-state index contributed by atoms with van der Waals surface area (Å²) in [5.41, 5.74) is 1.57. The molecule has 1 heterocycles. The highest BCUT2D eigenvalue weighted by molar-refractivity contribution is 6.27. The quantitative estimate of drug-likeness (QED) is 0.358. The van der Waals surface area contributed by atoms with Gasteiger partial charge < -0.3 is 24.6 Å². The number of piperazine rings is 1. The van der Waals surface area contributed by atoms with E-state index in [4.69, 9.17) is 29.3 Å². The van der Waals surface area contributed by atoms with E-state index in [9.17, 15) is 14.9 Å². The molecule has 0 unspecified atom stereocenters. The summed E-state index contributed by atoms with van der Waals surface area (Å²) in [5, 5.41) is 25.5. The van der Waals surface area contributed by atoms with E-state index in [1.807, 2.05) is 18.2 Å². The third-order valence-corrected chi connectivity index (χ3v) is 5.02. The van der Waals surface area contributed by atoms with Crippen molar-refractivity contribution in [3.63, 3.8) is 0 Å². The van der Waals surface area contributed by atoms with Crippen LogP contribution < -0.4 is 9.47 Å². The summed E-state index contributed by atoms with van der Waals surface area (Å²) in [6, 6.07) is 11.6. The monoisotopic (exact) mass is 475 g/mol. The van der Waals surface area contributed by atoms with Gasteiger partial charge in [0.1, 0.15) is 0 Å². The number of hydrogen-bond donors (Lipinski definition) is 2. The third kappa shape index (κ3) is 7.17. The molecule has 12 heteroatoms. The van der Waals surface area contributed by atoms with E-state index in [-0.39, 0.29) is 11.6 Å². The molecule has 182 valence electrons. The maximum absolute atomic E-state index is 12.6. The SMILES string of the molecule is COc1ccc(CN2CCN(C(=O)c3ccc([N+](=O)[O-])cc3)CC2)cc1OC.O=C(O)C(=O)O. The van der Waals surface area contributed by atoms with Gasteiger partial charge in [0.25, 0.3) is 11.6 Å². The second-order valence-electron chi connectivity index (χ2n) is 7.17. The van der Waals surface area contributed by atoms with Gasteiger partial charge in [0, 0.05) is 50.4 Å². The van der Waals surface area contributed by atoms with E-state index >= 15 is 0 Å². The first-order chi connectivity index (χ1) is 16.2. The minimum Gasteiger partial charge on any atom is -0.493 e. The number of carboxylic acid groups (broad SMARTS) is 2. The first-order valence-electron chi connectivity index (χ1n) is 10.1. The summed E-state index contributed by atoms with van der Waals surface area (Å²) in [6.45, 7) is 3.51. The summed E-state index contributed by atoms with van der Waals surface area (Å²) in [7, 11) is 3.23. The smallest absolute Gasteiger partial charge is 0.414 e. The number of carbonyl (C=O) groups is 3. The highest BCUT2D eigenvalue weighted by Gasteiger charge is 2.23. The molecule has 0 saturated carbocycles. The molecule has 2 aromatic carbocycles. The maximum atomic E-state index is 12.6. The Kier molecular flexibility index (Phi) is 9.32. The van der Waals surface area contributed by atoms with Crippen molar-refractivity contribution in [3.05, 3.63) is 63.7 Å². The standard InChI is InChI=1S/C20H23N3O5.C2H2O4/c1-27-18-8-3-15(13-19(18)28-2)14-21-9-11-22(12-10-21)20(24)16-4-6-17(7-5-16)23(25)26;3-1(4)2(5)6/h3-8,13H,9-12,14H2,1-2H3;(H,3,4)(H,5,6). The van der Waals surface area contributed by atoms with Crippen molar-refractivity contribution >= 4 is 23.5 Å². The zero-order chi connectivity index (χ0) is 25.3. The number of amides is 1. The molecule has 12 nitrogen and oxygen atoms in total. The first-order valence-corrected chi connectivity index (χ1v) is 10.1. The molecule has 0 spiro atoms. The summed E-state index contributed by atoms with van der Waals surface area (Å²) in [4.78, 5) is 45.1. The molecule has 1 aliphatic heterocycles. The van der Waals surface area contributed by atoms with Crippen molar-refractivity contribution in [1.82, 2.24) is 9.80 Å². The zero-order valence-corrected chi connectivity index (χ0v) is 18.7. The number of aliphatic carboxylic acids is 2. The van der Waals surface area contributed by atoms with E-state index in [1.54, 1.807) is 19.1 Å². The predicted molar refractivity (Wildman–Crippen MR) is 119 cm³/mol. The lowest BCUT2D eigenvalue weighted by Gasteiger charge is -2.34. The average molecular weight is 475 g/mol. The number of ether oxygens (including phenoxy) is 2. The van der Waals surface area contributed by atoms with Crippen molar-refractivity contribution in [1.29, 1.82) is 0 Å². The molecule has 0 aliphatic carbocycles. The zero-order valence-electron chi connectivity index (χ0n) is 18.7. The van der Waals surface area contributed by atoms with Crippen LogP contribution >= 0.6 is 0 Å². The van der Waals surface area contributed by atoms with Gasteiger partial charge in [0.05, 0.1) is 19.1 Å². The number of nitro benzene ring substituents is 1. The Balaban J connectivity index is 0.000000604. The van der Waals surface area contributed by atoms with E-state index in [0.29, 0.717) is 30.2 Å². The number of hydrogen-bond acceptors (Lipinski definition) is 8. The van der Waals surface area contributed by atoms with E-state index in [0.717, 1.165) is 25.2 Å². The van der Waals surface area contributed by atoms with Gasteiger partial charge in [-0.25, -0.2) is 9.59 Å². The number of non-ortho nitro benzene ring substituents is 1. The lowest BCUT2D eigenvalue weighted by molar-refractivity contribution is -0.384. The predicted octanol–water partition coefficient (Wildman–Crippen LogP) is 1.73. The van der Waals surface area contributed by atoms with Crippen LogP contribution in [-0.4, -0.2) is 83.2 Å². The number of benzene rings is 2. The highest BCUT2D eigenvalue weighted by Crippen LogP contribution is 2.28. The van der Waals surface area contributed by atoms with Gasteiger partial charge in [-0.1, -0.05) is 6.07 Å². The Morgan fingerprint density at radius 2 is 1.47 bits per heavy atom. The number of carbonyl (C=O) groups excluding carboxylic acids is 1. The third-order valence-electron chi connectivity index (χ3n) is 5.02. The van der Waals surface area contributed by atoms with Crippen molar-refractivity contribution in [2.75, 3.05) is 40.4 Å². The molecule has 0 atom stereocenters. The van der Waals surface area contributed by atoms with Crippen LogP contribution in [0.4, 0.5) is 5.69 Å². The number of rotatable bonds is 6.